The molecule has 0 aromatic heterocycles. The van der Waals surface area contributed by atoms with Gasteiger partial charge in [-0.05, 0) is 6.42 Å². The third-order valence-electron chi connectivity index (χ3n) is 2.88. The Balaban J connectivity index is 6.99. The molecular weight excluding hydrogens is 421 g/mol. The summed E-state index contributed by atoms with van der Waals surface area (Å²) in [6, 6.07) is 0. The molecule has 158 valence electrons. The summed E-state index contributed by atoms with van der Waals surface area (Å²) >= 11 is 0. The lowest BCUT2D eigenvalue weighted by molar-refractivity contribution is -0.487. The van der Waals surface area contributed by atoms with E-state index in [0.29, 0.717) is 6.92 Å². The quantitative estimate of drug-likeness (QED) is 0.490. The van der Waals surface area contributed by atoms with Crippen molar-refractivity contribution in [3.05, 3.63) is 0 Å². The zero-order valence-electron chi connectivity index (χ0n) is 12.0. The highest BCUT2D eigenvalue weighted by atomic mass is 19.4. The molecule has 0 bridgehead atoms. The number of rotatable bonds is 6. The summed E-state index contributed by atoms with van der Waals surface area (Å²) < 4.78 is 194. The highest BCUT2D eigenvalue weighted by Crippen LogP contribution is 2.63. The molecular formula is C10H7F15O. The van der Waals surface area contributed by atoms with Crippen molar-refractivity contribution in [1.29, 1.82) is 0 Å². The van der Waals surface area contributed by atoms with E-state index in [2.05, 4.69) is 4.74 Å². The van der Waals surface area contributed by atoms with Crippen LogP contribution in [0.5, 0.6) is 0 Å². The van der Waals surface area contributed by atoms with Gasteiger partial charge in [-0.2, -0.15) is 57.1 Å². The smallest absolute Gasteiger partial charge is 0.338 e. The highest BCUT2D eigenvalue weighted by Gasteiger charge is 2.95. The van der Waals surface area contributed by atoms with E-state index in [9.17, 15) is 65.9 Å². The number of alkyl halides is 15. The van der Waals surface area contributed by atoms with Gasteiger partial charge in [0.25, 0.3) is 0 Å². The molecule has 1 atom stereocenters. The maximum atomic E-state index is 14.1. The molecule has 0 amide bonds. The molecule has 0 aliphatic carbocycles. The molecule has 0 rings (SSSR count). The lowest BCUT2D eigenvalue weighted by Gasteiger charge is -2.45. The summed E-state index contributed by atoms with van der Waals surface area (Å²) in [7, 11) is 0. The summed E-state index contributed by atoms with van der Waals surface area (Å²) in [4.78, 5) is 0. The number of halogens is 15. The fourth-order valence-electron chi connectivity index (χ4n) is 1.55. The van der Waals surface area contributed by atoms with Gasteiger partial charge in [-0.1, -0.05) is 6.92 Å². The van der Waals surface area contributed by atoms with Crippen molar-refractivity contribution in [1.82, 2.24) is 0 Å². The van der Waals surface area contributed by atoms with E-state index in [1.54, 1.807) is 0 Å². The number of hydrogen-bond acceptors (Lipinski definition) is 1. The maximum absolute atomic E-state index is 14.1. The van der Waals surface area contributed by atoms with Crippen LogP contribution in [0.4, 0.5) is 65.9 Å². The molecule has 0 fully saturated rings. The largest absolute Gasteiger partial charge is 0.460 e. The van der Waals surface area contributed by atoms with Crippen LogP contribution < -0.4 is 0 Å². The summed E-state index contributed by atoms with van der Waals surface area (Å²) in [5.41, 5.74) is -7.93. The van der Waals surface area contributed by atoms with E-state index in [0.717, 1.165) is 0 Å². The van der Waals surface area contributed by atoms with Gasteiger partial charge in [0, 0.05) is 0 Å². The van der Waals surface area contributed by atoms with Gasteiger partial charge in [0.2, 0.25) is 0 Å². The van der Waals surface area contributed by atoms with Gasteiger partial charge in [-0.3, -0.25) is 0 Å². The second-order valence-corrected chi connectivity index (χ2v) is 4.74. The van der Waals surface area contributed by atoms with E-state index < -0.39 is 54.9 Å². The average Bonchev–Trinajstić information content (AvgIpc) is 2.39. The molecule has 0 heterocycles. The van der Waals surface area contributed by atoms with Crippen molar-refractivity contribution in [2.75, 3.05) is 6.61 Å². The van der Waals surface area contributed by atoms with Crippen molar-refractivity contribution >= 4 is 0 Å². The van der Waals surface area contributed by atoms with Crippen molar-refractivity contribution in [2.45, 2.75) is 55.2 Å². The van der Waals surface area contributed by atoms with Crippen LogP contribution in [0.3, 0.4) is 0 Å². The SMILES string of the molecule is CCCOC(F)(C(F)(F)C(F)(F)C(F)(F)F)C(F)(C(F)(F)F)C(F)(F)F. The van der Waals surface area contributed by atoms with Crippen LogP contribution in [-0.4, -0.2) is 48.5 Å². The highest BCUT2D eigenvalue weighted by molar-refractivity contribution is 5.16. The molecule has 0 N–H and O–H groups in total. The fraction of sp³-hybridized carbons (Fsp3) is 1.00. The first kappa shape index (κ1) is 24.9. The van der Waals surface area contributed by atoms with Crippen molar-refractivity contribution < 1.29 is 70.6 Å². The third-order valence-corrected chi connectivity index (χ3v) is 2.88. The Bertz CT molecular complexity index is 472. The van der Waals surface area contributed by atoms with Crippen LogP contribution in [0.1, 0.15) is 13.3 Å². The fourth-order valence-corrected chi connectivity index (χ4v) is 1.55. The maximum Gasteiger partial charge on any atom is 0.460 e. The summed E-state index contributed by atoms with van der Waals surface area (Å²) in [6.07, 6.45) is -24.0. The van der Waals surface area contributed by atoms with E-state index in [1.165, 1.54) is 0 Å². The molecule has 0 aliphatic rings. The molecule has 0 aromatic carbocycles. The molecule has 0 aliphatic heterocycles. The van der Waals surface area contributed by atoms with Crippen LogP contribution in [0.15, 0.2) is 0 Å². The van der Waals surface area contributed by atoms with Crippen LogP contribution in [0.2, 0.25) is 0 Å². The Kier molecular flexibility index (Phi) is 6.24. The number of hydrogen-bond donors (Lipinski definition) is 0. The predicted molar refractivity (Wildman–Crippen MR) is 52.0 cm³/mol. The topological polar surface area (TPSA) is 9.23 Å². The van der Waals surface area contributed by atoms with Gasteiger partial charge in [0.05, 0.1) is 6.61 Å². The average molecular weight is 428 g/mol. The van der Waals surface area contributed by atoms with Crippen LogP contribution in [0, 0.1) is 0 Å². The van der Waals surface area contributed by atoms with Gasteiger partial charge >= 0.3 is 41.9 Å². The van der Waals surface area contributed by atoms with Crippen molar-refractivity contribution in [3.8, 4) is 0 Å². The minimum atomic E-state index is -7.98. The van der Waals surface area contributed by atoms with Gasteiger partial charge in [-0.15, -0.1) is 0 Å². The first-order valence-electron chi connectivity index (χ1n) is 6.03. The first-order valence-corrected chi connectivity index (χ1v) is 6.03. The van der Waals surface area contributed by atoms with Gasteiger partial charge < -0.3 is 4.74 Å². The Morgan fingerprint density at radius 1 is 0.538 bits per heavy atom. The van der Waals surface area contributed by atoms with E-state index in [-0.39, 0.29) is 0 Å². The number of ether oxygens (including phenoxy) is 1. The van der Waals surface area contributed by atoms with Crippen molar-refractivity contribution in [2.24, 2.45) is 0 Å². The molecule has 0 spiro atoms. The Morgan fingerprint density at radius 3 is 1.12 bits per heavy atom. The molecule has 0 saturated carbocycles. The molecule has 26 heavy (non-hydrogen) atoms. The Morgan fingerprint density at radius 2 is 0.885 bits per heavy atom. The summed E-state index contributed by atoms with van der Waals surface area (Å²) in [5.74, 6) is -23.4. The van der Waals surface area contributed by atoms with E-state index >= 15 is 0 Å². The second kappa shape index (κ2) is 6.51. The minimum absolute atomic E-state index is 0.710. The molecule has 0 radical (unpaired) electrons. The monoisotopic (exact) mass is 428 g/mol. The summed E-state index contributed by atoms with van der Waals surface area (Å²) in [6.45, 7) is -1.28. The van der Waals surface area contributed by atoms with Gasteiger partial charge in [-0.25, -0.2) is 8.78 Å². The van der Waals surface area contributed by atoms with Gasteiger partial charge in [0.1, 0.15) is 0 Å². The predicted octanol–water partition coefficient (Wildman–Crippen LogP) is 5.74. The minimum Gasteiger partial charge on any atom is -0.338 e. The van der Waals surface area contributed by atoms with Crippen LogP contribution in [-0.2, 0) is 4.74 Å². The van der Waals surface area contributed by atoms with E-state index in [1.807, 2.05) is 0 Å². The molecule has 16 heteroatoms. The Labute approximate surface area is 134 Å². The molecule has 1 nitrogen and oxygen atoms in total. The molecule has 0 aromatic rings. The van der Waals surface area contributed by atoms with Crippen molar-refractivity contribution in [3.63, 3.8) is 0 Å². The zero-order valence-corrected chi connectivity index (χ0v) is 12.0. The summed E-state index contributed by atoms with van der Waals surface area (Å²) in [5, 5.41) is 0. The standard InChI is InChI=1S/C10H7F15O/c1-2-3-26-7(16,4(11,8(17,18)19)9(20,21)22)5(12,13)6(14,15)10(23,24)25/h2-3H2,1H3. The first-order chi connectivity index (χ1) is 11.1. The van der Waals surface area contributed by atoms with E-state index in [4.69, 9.17) is 0 Å². The third kappa shape index (κ3) is 3.28. The normalized spacial score (nSPS) is 18.0. The lowest BCUT2D eigenvalue weighted by Crippen LogP contribution is -2.77. The lowest BCUT2D eigenvalue weighted by atomic mass is 9.85. The van der Waals surface area contributed by atoms with Crippen LogP contribution in [0.25, 0.3) is 0 Å². The van der Waals surface area contributed by atoms with Crippen LogP contribution >= 0.6 is 0 Å². The van der Waals surface area contributed by atoms with Gasteiger partial charge in [0.15, 0.2) is 0 Å². The second-order valence-electron chi connectivity index (χ2n) is 4.74. The molecule has 1 unspecified atom stereocenters. The Hall–Kier alpha value is -1.09. The zero-order chi connectivity index (χ0) is 21.6. The molecule has 0 saturated heterocycles.